The second kappa shape index (κ2) is 6.93. The first kappa shape index (κ1) is 15.8. The Bertz CT molecular complexity index is 412. The van der Waals surface area contributed by atoms with Gasteiger partial charge in [0.05, 0.1) is 0 Å². The number of rotatable bonds is 7. The Balaban J connectivity index is 2.20. The molecule has 1 aliphatic carbocycles. The maximum Gasteiger partial charge on any atom is 0.0431 e. The summed E-state index contributed by atoms with van der Waals surface area (Å²) in [5, 5.41) is 9.82. The van der Waals surface area contributed by atoms with Gasteiger partial charge in [0.1, 0.15) is 0 Å². The first-order valence-electron chi connectivity index (χ1n) is 7.63. The van der Waals surface area contributed by atoms with Crippen LogP contribution in [0.1, 0.15) is 44.1 Å². The number of benzene rings is 1. The van der Waals surface area contributed by atoms with Gasteiger partial charge in [0.25, 0.3) is 0 Å². The minimum Gasteiger partial charge on any atom is -0.396 e. The van der Waals surface area contributed by atoms with Gasteiger partial charge >= 0.3 is 0 Å². The molecule has 2 rings (SSSR count). The second-order valence-corrected chi connectivity index (χ2v) is 6.65. The van der Waals surface area contributed by atoms with E-state index in [1.165, 1.54) is 24.8 Å². The normalized spacial score (nSPS) is 18.9. The zero-order valence-corrected chi connectivity index (χ0v) is 13.4. The third-order valence-electron chi connectivity index (χ3n) is 4.81. The zero-order chi connectivity index (χ0) is 14.6. The Morgan fingerprint density at radius 3 is 2.30 bits per heavy atom. The molecule has 20 heavy (non-hydrogen) atoms. The summed E-state index contributed by atoms with van der Waals surface area (Å²) in [4.78, 5) is 2.37. The molecule has 2 nitrogen and oxygen atoms in total. The lowest BCUT2D eigenvalue weighted by Crippen LogP contribution is -2.52. The van der Waals surface area contributed by atoms with Gasteiger partial charge in [-0.1, -0.05) is 30.2 Å². The van der Waals surface area contributed by atoms with Crippen molar-refractivity contribution in [3.05, 3.63) is 34.9 Å². The SMILES string of the molecule is CN(C)C(CCCCO)C1(c2ccc(Cl)cc2)CCC1. The van der Waals surface area contributed by atoms with E-state index in [0.717, 1.165) is 24.3 Å². The van der Waals surface area contributed by atoms with Crippen LogP contribution in [0.2, 0.25) is 5.02 Å². The molecule has 1 N–H and O–H groups in total. The number of likely N-dealkylation sites (N-methyl/N-ethyl adjacent to an activating group) is 1. The van der Waals surface area contributed by atoms with Crippen LogP contribution in [0.4, 0.5) is 0 Å². The first-order chi connectivity index (χ1) is 9.60. The van der Waals surface area contributed by atoms with Crippen molar-refractivity contribution in [2.75, 3.05) is 20.7 Å². The predicted molar refractivity (Wildman–Crippen MR) is 85.4 cm³/mol. The van der Waals surface area contributed by atoms with Crippen molar-refractivity contribution in [3.63, 3.8) is 0 Å². The largest absolute Gasteiger partial charge is 0.396 e. The van der Waals surface area contributed by atoms with Crippen molar-refractivity contribution in [2.24, 2.45) is 0 Å². The third kappa shape index (κ3) is 3.19. The van der Waals surface area contributed by atoms with Gasteiger partial charge in [-0.05, 0) is 63.9 Å². The van der Waals surface area contributed by atoms with E-state index in [1.54, 1.807) is 0 Å². The Labute approximate surface area is 127 Å². The van der Waals surface area contributed by atoms with Gasteiger partial charge in [0.2, 0.25) is 0 Å². The van der Waals surface area contributed by atoms with Crippen LogP contribution in [0.15, 0.2) is 24.3 Å². The van der Waals surface area contributed by atoms with Crippen molar-refractivity contribution in [2.45, 2.75) is 50.0 Å². The van der Waals surface area contributed by atoms with Crippen molar-refractivity contribution in [1.29, 1.82) is 0 Å². The summed E-state index contributed by atoms with van der Waals surface area (Å²) in [6.07, 6.45) is 6.98. The number of hydrogen-bond donors (Lipinski definition) is 1. The van der Waals surface area contributed by atoms with E-state index in [9.17, 15) is 0 Å². The lowest BCUT2D eigenvalue weighted by Gasteiger charge is -2.51. The molecule has 0 spiro atoms. The molecule has 1 fully saturated rings. The summed E-state index contributed by atoms with van der Waals surface area (Å²) in [6.45, 7) is 0.300. The molecule has 3 heteroatoms. The molecule has 1 saturated carbocycles. The van der Waals surface area contributed by atoms with Crippen molar-refractivity contribution >= 4 is 11.6 Å². The maximum absolute atomic E-state index is 9.01. The minimum absolute atomic E-state index is 0.281. The second-order valence-electron chi connectivity index (χ2n) is 6.22. The molecular weight excluding hydrogens is 270 g/mol. The number of halogens is 1. The van der Waals surface area contributed by atoms with Gasteiger partial charge in [-0.2, -0.15) is 0 Å². The van der Waals surface area contributed by atoms with Gasteiger partial charge in [-0.3, -0.25) is 0 Å². The Kier molecular flexibility index (Phi) is 5.48. The fourth-order valence-corrected chi connectivity index (χ4v) is 3.76. The van der Waals surface area contributed by atoms with Crippen LogP contribution in [0.3, 0.4) is 0 Å². The Morgan fingerprint density at radius 2 is 1.85 bits per heavy atom. The third-order valence-corrected chi connectivity index (χ3v) is 5.06. The van der Waals surface area contributed by atoms with E-state index in [-0.39, 0.29) is 5.41 Å². The summed E-state index contributed by atoms with van der Waals surface area (Å²) in [5.74, 6) is 0. The van der Waals surface area contributed by atoms with Gasteiger partial charge in [0.15, 0.2) is 0 Å². The molecule has 1 aromatic carbocycles. The molecule has 0 heterocycles. The quantitative estimate of drug-likeness (QED) is 0.772. The molecule has 1 unspecified atom stereocenters. The lowest BCUT2D eigenvalue weighted by molar-refractivity contribution is 0.0868. The number of aliphatic hydroxyl groups excluding tert-OH is 1. The number of aliphatic hydroxyl groups is 1. The molecule has 0 amide bonds. The van der Waals surface area contributed by atoms with Crippen molar-refractivity contribution in [3.8, 4) is 0 Å². The molecule has 0 aromatic heterocycles. The van der Waals surface area contributed by atoms with E-state index in [0.29, 0.717) is 12.6 Å². The van der Waals surface area contributed by atoms with Crippen LogP contribution in [-0.2, 0) is 5.41 Å². The van der Waals surface area contributed by atoms with Crippen molar-refractivity contribution < 1.29 is 5.11 Å². The molecule has 1 aliphatic rings. The highest BCUT2D eigenvalue weighted by Gasteiger charge is 2.45. The summed E-state index contributed by atoms with van der Waals surface area (Å²) in [5.41, 5.74) is 1.71. The number of hydrogen-bond acceptors (Lipinski definition) is 2. The van der Waals surface area contributed by atoms with Crippen LogP contribution < -0.4 is 0 Å². The Hall–Kier alpha value is -0.570. The summed E-state index contributed by atoms with van der Waals surface area (Å²) >= 11 is 6.03. The van der Waals surface area contributed by atoms with Gasteiger partial charge in [-0.15, -0.1) is 0 Å². The molecule has 0 bridgehead atoms. The van der Waals surface area contributed by atoms with E-state index >= 15 is 0 Å². The van der Waals surface area contributed by atoms with Crippen molar-refractivity contribution in [1.82, 2.24) is 4.90 Å². The smallest absolute Gasteiger partial charge is 0.0431 e. The topological polar surface area (TPSA) is 23.5 Å². The van der Waals surface area contributed by atoms with Gasteiger partial charge < -0.3 is 10.0 Å². The van der Waals surface area contributed by atoms with E-state index < -0.39 is 0 Å². The summed E-state index contributed by atoms with van der Waals surface area (Å²) < 4.78 is 0. The highest BCUT2D eigenvalue weighted by Crippen LogP contribution is 2.49. The van der Waals surface area contributed by atoms with Crippen LogP contribution in [0.5, 0.6) is 0 Å². The lowest BCUT2D eigenvalue weighted by atomic mass is 9.59. The monoisotopic (exact) mass is 295 g/mol. The molecular formula is C17H26ClNO. The van der Waals surface area contributed by atoms with E-state index in [1.807, 2.05) is 12.1 Å². The standard InChI is InChI=1S/C17H26ClNO/c1-19(2)16(6-3-4-13-20)17(11-5-12-17)14-7-9-15(18)10-8-14/h7-10,16,20H,3-6,11-13H2,1-2H3. The summed E-state index contributed by atoms with van der Waals surface area (Å²) in [7, 11) is 4.36. The Morgan fingerprint density at radius 1 is 1.20 bits per heavy atom. The maximum atomic E-state index is 9.01. The summed E-state index contributed by atoms with van der Waals surface area (Å²) in [6, 6.07) is 8.96. The number of unbranched alkanes of at least 4 members (excludes halogenated alkanes) is 1. The van der Waals surface area contributed by atoms with Crippen LogP contribution in [0, 0.1) is 0 Å². The fourth-order valence-electron chi connectivity index (χ4n) is 3.63. The van der Waals surface area contributed by atoms with Crippen LogP contribution in [-0.4, -0.2) is 36.8 Å². The van der Waals surface area contributed by atoms with E-state index in [2.05, 4.69) is 31.1 Å². The van der Waals surface area contributed by atoms with Crippen LogP contribution in [0.25, 0.3) is 0 Å². The highest BCUT2D eigenvalue weighted by atomic mass is 35.5. The molecule has 0 radical (unpaired) electrons. The minimum atomic E-state index is 0.281. The van der Waals surface area contributed by atoms with E-state index in [4.69, 9.17) is 16.7 Å². The molecule has 112 valence electrons. The predicted octanol–water partition coefficient (Wildman–Crippen LogP) is 3.85. The average molecular weight is 296 g/mol. The number of nitrogens with zero attached hydrogens (tertiary/aromatic N) is 1. The highest BCUT2D eigenvalue weighted by molar-refractivity contribution is 6.30. The molecule has 1 aromatic rings. The first-order valence-corrected chi connectivity index (χ1v) is 8.01. The fraction of sp³-hybridized carbons (Fsp3) is 0.647. The zero-order valence-electron chi connectivity index (χ0n) is 12.6. The molecule has 1 atom stereocenters. The molecule has 0 aliphatic heterocycles. The van der Waals surface area contributed by atoms with Gasteiger partial charge in [-0.25, -0.2) is 0 Å². The van der Waals surface area contributed by atoms with Crippen LogP contribution >= 0.6 is 11.6 Å². The molecule has 0 saturated heterocycles. The average Bonchev–Trinajstić information content (AvgIpc) is 2.37. The van der Waals surface area contributed by atoms with Gasteiger partial charge in [0, 0.05) is 23.1 Å².